The van der Waals surface area contributed by atoms with E-state index < -0.39 is 18.7 Å². The lowest BCUT2D eigenvalue weighted by molar-refractivity contribution is -0.160. The number of hydrogen-bond donors (Lipinski definition) is 0. The molecule has 2 aromatic rings. The molecule has 0 bridgehead atoms. The van der Waals surface area contributed by atoms with E-state index in [0.29, 0.717) is 23.6 Å². The summed E-state index contributed by atoms with van der Waals surface area (Å²) in [6.45, 7) is 2.98. The molecule has 1 atom stereocenters. The molecule has 0 saturated carbocycles. The van der Waals surface area contributed by atoms with Crippen molar-refractivity contribution in [2.24, 2.45) is 0 Å². The molecule has 0 heterocycles. The van der Waals surface area contributed by atoms with Gasteiger partial charge in [0.1, 0.15) is 0 Å². The highest BCUT2D eigenvalue weighted by Crippen LogP contribution is 2.28. The van der Waals surface area contributed by atoms with Gasteiger partial charge in [-0.1, -0.05) is 30.3 Å². The van der Waals surface area contributed by atoms with Gasteiger partial charge in [0, 0.05) is 19.2 Å². The molecule has 2 rings (SSSR count). The molecule has 0 radical (unpaired) electrons. The first-order valence-electron chi connectivity index (χ1n) is 9.12. The average Bonchev–Trinajstić information content (AvgIpc) is 2.72. The van der Waals surface area contributed by atoms with E-state index in [1.807, 2.05) is 30.3 Å². The summed E-state index contributed by atoms with van der Waals surface area (Å²) < 4.78 is 15.8. The van der Waals surface area contributed by atoms with E-state index in [0.717, 1.165) is 5.56 Å². The fraction of sp³-hybridized carbons (Fsp3) is 0.318. The Balaban J connectivity index is 1.88. The predicted octanol–water partition coefficient (Wildman–Crippen LogP) is 2.87. The van der Waals surface area contributed by atoms with E-state index >= 15 is 0 Å². The molecule has 0 aliphatic carbocycles. The van der Waals surface area contributed by atoms with Crippen molar-refractivity contribution in [1.29, 1.82) is 0 Å². The molecule has 7 nitrogen and oxygen atoms in total. The van der Waals surface area contributed by atoms with Crippen LogP contribution in [0.3, 0.4) is 0 Å². The monoisotopic (exact) mass is 399 g/mol. The SMILES string of the molecule is COc1cc(C(C)=O)ccc1OCC(=O)O[C@@H](C)C(=O)N(C)Cc1ccccc1. The van der Waals surface area contributed by atoms with Crippen LogP contribution in [0, 0.1) is 0 Å². The Kier molecular flexibility index (Phi) is 7.77. The van der Waals surface area contributed by atoms with Crippen LogP contribution in [0.1, 0.15) is 29.8 Å². The molecular weight excluding hydrogens is 374 g/mol. The van der Waals surface area contributed by atoms with Crippen LogP contribution in [0.2, 0.25) is 0 Å². The molecule has 29 heavy (non-hydrogen) atoms. The maximum atomic E-state index is 12.4. The van der Waals surface area contributed by atoms with E-state index in [2.05, 4.69) is 0 Å². The van der Waals surface area contributed by atoms with Crippen molar-refractivity contribution >= 4 is 17.7 Å². The van der Waals surface area contributed by atoms with Crippen LogP contribution in [0.15, 0.2) is 48.5 Å². The third-order valence-corrected chi connectivity index (χ3v) is 4.21. The summed E-state index contributed by atoms with van der Waals surface area (Å²) in [5.74, 6) is -0.477. The minimum Gasteiger partial charge on any atom is -0.493 e. The van der Waals surface area contributed by atoms with Crippen molar-refractivity contribution in [1.82, 2.24) is 4.90 Å². The van der Waals surface area contributed by atoms with Gasteiger partial charge in [0.15, 0.2) is 30.0 Å². The molecule has 154 valence electrons. The normalized spacial score (nSPS) is 11.3. The van der Waals surface area contributed by atoms with Crippen molar-refractivity contribution in [2.75, 3.05) is 20.8 Å². The Bertz CT molecular complexity index is 865. The number of benzene rings is 2. The summed E-state index contributed by atoms with van der Waals surface area (Å²) in [4.78, 5) is 37.4. The van der Waals surface area contributed by atoms with Gasteiger partial charge in [0.2, 0.25) is 0 Å². The van der Waals surface area contributed by atoms with Crippen LogP contribution >= 0.6 is 0 Å². The number of rotatable bonds is 9. The molecule has 0 fully saturated rings. The lowest BCUT2D eigenvalue weighted by atomic mass is 10.1. The first-order chi connectivity index (χ1) is 13.8. The van der Waals surface area contributed by atoms with Crippen LogP contribution in [0.25, 0.3) is 0 Å². The minimum atomic E-state index is -0.943. The minimum absolute atomic E-state index is 0.110. The summed E-state index contributed by atoms with van der Waals surface area (Å²) in [7, 11) is 3.09. The second kappa shape index (κ2) is 10.3. The largest absolute Gasteiger partial charge is 0.493 e. The van der Waals surface area contributed by atoms with E-state index in [4.69, 9.17) is 14.2 Å². The standard InChI is InChI=1S/C22H25NO6/c1-15(24)18-10-11-19(20(12-18)27-4)28-14-21(25)29-16(2)22(26)23(3)13-17-8-6-5-7-9-17/h5-12,16H,13-14H2,1-4H3/t16-/m0/s1. The van der Waals surface area contributed by atoms with Gasteiger partial charge in [0.05, 0.1) is 7.11 Å². The highest BCUT2D eigenvalue weighted by atomic mass is 16.6. The van der Waals surface area contributed by atoms with E-state index in [1.54, 1.807) is 19.2 Å². The summed E-state index contributed by atoms with van der Waals surface area (Å²) in [6.07, 6.45) is -0.943. The molecule has 0 aromatic heterocycles. The Morgan fingerprint density at radius 1 is 1.03 bits per heavy atom. The number of Topliss-reactive ketones (excluding diaryl/α,β-unsaturated/α-hetero) is 1. The van der Waals surface area contributed by atoms with E-state index in [-0.39, 0.29) is 11.7 Å². The molecule has 7 heteroatoms. The third kappa shape index (κ3) is 6.34. The average molecular weight is 399 g/mol. The van der Waals surface area contributed by atoms with Crippen molar-refractivity contribution in [3.05, 3.63) is 59.7 Å². The topological polar surface area (TPSA) is 82.1 Å². The van der Waals surface area contributed by atoms with Gasteiger partial charge >= 0.3 is 5.97 Å². The number of carbonyl (C=O) groups is 3. The van der Waals surface area contributed by atoms with Gasteiger partial charge < -0.3 is 19.1 Å². The number of esters is 1. The van der Waals surface area contributed by atoms with Gasteiger partial charge in [-0.2, -0.15) is 0 Å². The Morgan fingerprint density at radius 3 is 2.34 bits per heavy atom. The Morgan fingerprint density at radius 2 is 1.72 bits per heavy atom. The number of methoxy groups -OCH3 is 1. The number of nitrogens with zero attached hydrogens (tertiary/aromatic N) is 1. The van der Waals surface area contributed by atoms with Gasteiger partial charge in [-0.25, -0.2) is 4.79 Å². The number of amides is 1. The molecule has 0 aliphatic rings. The van der Waals surface area contributed by atoms with Crippen molar-refractivity contribution in [3.8, 4) is 11.5 Å². The van der Waals surface area contributed by atoms with Gasteiger partial charge in [-0.3, -0.25) is 9.59 Å². The molecule has 2 aromatic carbocycles. The number of likely N-dealkylation sites (N-methyl/N-ethyl adjacent to an activating group) is 1. The van der Waals surface area contributed by atoms with Crippen LogP contribution in [-0.4, -0.2) is 49.4 Å². The molecule has 0 unspecified atom stereocenters. The second-order valence-electron chi connectivity index (χ2n) is 6.52. The number of ether oxygens (including phenoxy) is 3. The Hall–Kier alpha value is -3.35. The zero-order valence-corrected chi connectivity index (χ0v) is 17.0. The zero-order valence-electron chi connectivity index (χ0n) is 17.0. The van der Waals surface area contributed by atoms with Crippen molar-refractivity contribution in [3.63, 3.8) is 0 Å². The fourth-order valence-corrected chi connectivity index (χ4v) is 2.67. The lowest BCUT2D eigenvalue weighted by Crippen LogP contribution is -2.37. The smallest absolute Gasteiger partial charge is 0.344 e. The number of carbonyl (C=O) groups excluding carboxylic acids is 3. The van der Waals surface area contributed by atoms with E-state index in [9.17, 15) is 14.4 Å². The first-order valence-corrected chi connectivity index (χ1v) is 9.12. The number of hydrogen-bond acceptors (Lipinski definition) is 6. The van der Waals surface area contributed by atoms with E-state index in [1.165, 1.54) is 31.9 Å². The second-order valence-corrected chi connectivity index (χ2v) is 6.52. The highest BCUT2D eigenvalue weighted by Gasteiger charge is 2.22. The fourth-order valence-electron chi connectivity index (χ4n) is 2.67. The third-order valence-electron chi connectivity index (χ3n) is 4.21. The quantitative estimate of drug-likeness (QED) is 0.476. The maximum Gasteiger partial charge on any atom is 0.344 e. The van der Waals surface area contributed by atoms with Crippen LogP contribution in [0.4, 0.5) is 0 Å². The number of ketones is 1. The molecule has 1 amide bonds. The van der Waals surface area contributed by atoms with Crippen molar-refractivity contribution in [2.45, 2.75) is 26.5 Å². The lowest BCUT2D eigenvalue weighted by Gasteiger charge is -2.21. The summed E-state index contributed by atoms with van der Waals surface area (Å²) in [5.41, 5.74) is 1.45. The van der Waals surface area contributed by atoms with Crippen molar-refractivity contribution < 1.29 is 28.6 Å². The highest BCUT2D eigenvalue weighted by molar-refractivity contribution is 5.94. The molecule has 0 spiro atoms. The summed E-state index contributed by atoms with van der Waals surface area (Å²) >= 11 is 0. The first kappa shape index (κ1) is 21.9. The summed E-state index contributed by atoms with van der Waals surface area (Å²) in [5, 5.41) is 0. The molecular formula is C22H25NO6. The predicted molar refractivity (Wildman–Crippen MR) is 107 cm³/mol. The molecule has 0 saturated heterocycles. The maximum absolute atomic E-state index is 12.4. The van der Waals surface area contributed by atoms with Gasteiger partial charge in [0.25, 0.3) is 5.91 Å². The zero-order chi connectivity index (χ0) is 21.4. The van der Waals surface area contributed by atoms with Crippen LogP contribution in [-0.2, 0) is 20.9 Å². The van der Waals surface area contributed by atoms with Crippen LogP contribution < -0.4 is 9.47 Å². The van der Waals surface area contributed by atoms with Gasteiger partial charge in [-0.15, -0.1) is 0 Å². The van der Waals surface area contributed by atoms with Crippen LogP contribution in [0.5, 0.6) is 11.5 Å². The van der Waals surface area contributed by atoms with Gasteiger partial charge in [-0.05, 0) is 37.6 Å². The Labute approximate surface area is 170 Å². The molecule has 0 aliphatic heterocycles. The summed E-state index contributed by atoms with van der Waals surface area (Å²) in [6, 6.07) is 14.2. The molecule has 0 N–H and O–H groups in total.